The molecule has 3 N–H and O–H groups in total. The van der Waals surface area contributed by atoms with Gasteiger partial charge < -0.3 is 15.7 Å². The monoisotopic (exact) mass is 444 g/mol. The number of nitrogens with zero attached hydrogens (tertiary/aromatic N) is 4. The van der Waals surface area contributed by atoms with Gasteiger partial charge in [-0.2, -0.15) is 10.2 Å². The van der Waals surface area contributed by atoms with Crippen molar-refractivity contribution in [3.63, 3.8) is 0 Å². The molecule has 11 nitrogen and oxygen atoms in total. The molecule has 1 aromatic heterocycles. The van der Waals surface area contributed by atoms with Crippen molar-refractivity contribution in [1.82, 2.24) is 15.3 Å². The Morgan fingerprint density at radius 3 is 2.65 bits per heavy atom. The number of rotatable bonds is 7. The van der Waals surface area contributed by atoms with Crippen molar-refractivity contribution in [2.24, 2.45) is 0 Å². The van der Waals surface area contributed by atoms with Crippen LogP contribution in [0.5, 0.6) is 0 Å². The average Bonchev–Trinajstić information content (AvgIpc) is 3.03. The molecule has 1 saturated heterocycles. The van der Waals surface area contributed by atoms with Gasteiger partial charge in [0, 0.05) is 43.2 Å². The van der Waals surface area contributed by atoms with Crippen LogP contribution in [0.15, 0.2) is 36.5 Å². The molecule has 2 heterocycles. The normalized spacial score (nSPS) is 18.5. The summed E-state index contributed by atoms with van der Waals surface area (Å²) in [6.07, 6.45) is 2.52. The quantitative estimate of drug-likeness (QED) is 0.498. The molecule has 0 spiro atoms. The van der Waals surface area contributed by atoms with Crippen molar-refractivity contribution in [1.29, 1.82) is 5.26 Å². The molecule has 0 radical (unpaired) electrons. The van der Waals surface area contributed by atoms with E-state index in [1.54, 1.807) is 30.3 Å². The summed E-state index contributed by atoms with van der Waals surface area (Å²) in [5.41, 5.74) is -1.12. The minimum absolute atomic E-state index is 0.0111. The van der Waals surface area contributed by atoms with Gasteiger partial charge >= 0.3 is 0 Å². The highest BCUT2D eigenvalue weighted by Gasteiger charge is 2.46. The Kier molecular flexibility index (Phi) is 6.19. The maximum Gasteiger partial charge on any atom is 0.275 e. The van der Waals surface area contributed by atoms with Gasteiger partial charge in [-0.3, -0.25) is 14.5 Å². The van der Waals surface area contributed by atoms with Crippen LogP contribution in [-0.2, 0) is 14.6 Å². The zero-order valence-electron chi connectivity index (χ0n) is 16.6. The largest absolute Gasteiger partial charge is 0.368 e. The highest BCUT2D eigenvalue weighted by Crippen LogP contribution is 2.27. The Hall–Kier alpha value is -3.56. The Bertz CT molecular complexity index is 1150. The number of aromatic nitrogens is 2. The zero-order valence-corrected chi connectivity index (χ0v) is 17.4. The van der Waals surface area contributed by atoms with Crippen LogP contribution in [0, 0.1) is 11.3 Å². The molecular formula is C19H20N6O5S. The molecule has 1 aromatic carbocycles. The van der Waals surface area contributed by atoms with Gasteiger partial charge in [0.2, 0.25) is 11.5 Å². The molecule has 2 amide bonds. The predicted octanol–water partition coefficient (Wildman–Crippen LogP) is -0.0140. The van der Waals surface area contributed by atoms with E-state index in [1.807, 2.05) is 0 Å². The SMILES string of the molecule is CS(=O)(=O)CCNC(=O)c1ccc(Nc2nccc(N3CC[C@](O)(C#N)C3=O)n2)cc1. The van der Waals surface area contributed by atoms with Crippen molar-refractivity contribution in [3.05, 3.63) is 42.1 Å². The number of aliphatic hydroxyl groups is 1. The molecule has 0 bridgehead atoms. The predicted molar refractivity (Wildman–Crippen MR) is 111 cm³/mol. The van der Waals surface area contributed by atoms with Crippen LogP contribution in [-0.4, -0.2) is 66.0 Å². The summed E-state index contributed by atoms with van der Waals surface area (Å²) >= 11 is 0. The Morgan fingerprint density at radius 2 is 2.03 bits per heavy atom. The van der Waals surface area contributed by atoms with E-state index in [1.165, 1.54) is 17.2 Å². The first-order valence-electron chi connectivity index (χ1n) is 9.23. The van der Waals surface area contributed by atoms with Crippen molar-refractivity contribution < 1.29 is 23.1 Å². The average molecular weight is 444 g/mol. The highest BCUT2D eigenvalue weighted by atomic mass is 32.2. The number of nitriles is 1. The fraction of sp³-hybridized carbons (Fsp3) is 0.316. The van der Waals surface area contributed by atoms with E-state index >= 15 is 0 Å². The summed E-state index contributed by atoms with van der Waals surface area (Å²) in [4.78, 5) is 33.9. The van der Waals surface area contributed by atoms with Gasteiger partial charge in [-0.05, 0) is 30.3 Å². The van der Waals surface area contributed by atoms with E-state index < -0.39 is 27.3 Å². The second kappa shape index (κ2) is 8.66. The van der Waals surface area contributed by atoms with Crippen molar-refractivity contribution in [2.45, 2.75) is 12.0 Å². The highest BCUT2D eigenvalue weighted by molar-refractivity contribution is 7.90. The number of nitrogens with one attached hydrogen (secondary N) is 2. The first-order valence-corrected chi connectivity index (χ1v) is 11.3. The summed E-state index contributed by atoms with van der Waals surface area (Å²) in [5, 5.41) is 24.5. The van der Waals surface area contributed by atoms with Crippen LogP contribution in [0.3, 0.4) is 0 Å². The second-order valence-electron chi connectivity index (χ2n) is 7.01. The molecule has 0 aliphatic carbocycles. The molecule has 1 atom stereocenters. The number of amides is 2. The number of anilines is 3. The van der Waals surface area contributed by atoms with Gasteiger partial charge in [0.05, 0.1) is 5.75 Å². The topological polar surface area (TPSA) is 165 Å². The lowest BCUT2D eigenvalue weighted by atomic mass is 10.1. The van der Waals surface area contributed by atoms with E-state index in [0.29, 0.717) is 11.3 Å². The third kappa shape index (κ3) is 5.33. The summed E-state index contributed by atoms with van der Waals surface area (Å²) in [6.45, 7) is 0.178. The summed E-state index contributed by atoms with van der Waals surface area (Å²) in [7, 11) is -3.16. The molecule has 162 valence electrons. The van der Waals surface area contributed by atoms with Crippen molar-refractivity contribution in [2.75, 3.05) is 35.3 Å². The molecular weight excluding hydrogens is 424 g/mol. The second-order valence-corrected chi connectivity index (χ2v) is 9.27. The third-order valence-electron chi connectivity index (χ3n) is 4.56. The molecule has 31 heavy (non-hydrogen) atoms. The van der Waals surface area contributed by atoms with Crippen LogP contribution >= 0.6 is 0 Å². The fourth-order valence-corrected chi connectivity index (χ4v) is 3.35. The summed E-state index contributed by atoms with van der Waals surface area (Å²) in [5.74, 6) is -0.840. The minimum Gasteiger partial charge on any atom is -0.368 e. The smallest absolute Gasteiger partial charge is 0.275 e. The molecule has 2 aromatic rings. The van der Waals surface area contributed by atoms with E-state index in [4.69, 9.17) is 5.26 Å². The lowest BCUT2D eigenvalue weighted by Gasteiger charge is -2.17. The first-order chi connectivity index (χ1) is 14.6. The number of benzene rings is 1. The molecule has 1 aliphatic rings. The van der Waals surface area contributed by atoms with Gasteiger partial charge in [0.15, 0.2) is 0 Å². The maximum atomic E-state index is 12.3. The van der Waals surface area contributed by atoms with E-state index in [-0.39, 0.29) is 37.0 Å². The van der Waals surface area contributed by atoms with Crippen LogP contribution in [0.1, 0.15) is 16.8 Å². The molecule has 1 aliphatic heterocycles. The van der Waals surface area contributed by atoms with Crippen LogP contribution in [0.25, 0.3) is 0 Å². The first kappa shape index (κ1) is 22.1. The molecule has 0 unspecified atom stereocenters. The van der Waals surface area contributed by atoms with Crippen LogP contribution in [0.4, 0.5) is 17.5 Å². The number of sulfone groups is 1. The zero-order chi connectivity index (χ0) is 22.6. The van der Waals surface area contributed by atoms with Gasteiger partial charge in [-0.1, -0.05) is 0 Å². The Morgan fingerprint density at radius 1 is 1.32 bits per heavy atom. The molecule has 0 saturated carbocycles. The van der Waals surface area contributed by atoms with E-state index in [2.05, 4.69) is 20.6 Å². The van der Waals surface area contributed by atoms with Gasteiger partial charge in [-0.15, -0.1) is 0 Å². The van der Waals surface area contributed by atoms with Gasteiger partial charge in [0.1, 0.15) is 21.7 Å². The molecule has 12 heteroatoms. The maximum absolute atomic E-state index is 12.3. The number of hydrogen-bond donors (Lipinski definition) is 3. The van der Waals surface area contributed by atoms with Gasteiger partial charge in [-0.25, -0.2) is 13.4 Å². The number of hydrogen-bond acceptors (Lipinski definition) is 9. The van der Waals surface area contributed by atoms with Crippen LogP contribution < -0.4 is 15.5 Å². The summed E-state index contributed by atoms with van der Waals surface area (Å²) in [6, 6.07) is 9.47. The lowest BCUT2D eigenvalue weighted by Crippen LogP contribution is -2.39. The Balaban J connectivity index is 1.65. The third-order valence-corrected chi connectivity index (χ3v) is 5.51. The molecule has 3 rings (SSSR count). The summed E-state index contributed by atoms with van der Waals surface area (Å²) < 4.78 is 22.2. The standard InChI is InChI=1S/C19H20N6O5S/c1-31(29,30)11-9-21-16(26)13-2-4-14(5-3-13)23-18-22-8-6-15(24-18)25-10-7-19(28,12-20)17(25)27/h2-6,8,28H,7,9-11H2,1H3,(H,21,26)(H,22,23,24)/t19-/m0/s1. The Labute approximate surface area is 178 Å². The minimum atomic E-state index is -3.16. The lowest BCUT2D eigenvalue weighted by molar-refractivity contribution is -0.128. The van der Waals surface area contributed by atoms with Crippen molar-refractivity contribution in [3.8, 4) is 6.07 Å². The van der Waals surface area contributed by atoms with Gasteiger partial charge in [0.25, 0.3) is 11.8 Å². The van der Waals surface area contributed by atoms with Crippen molar-refractivity contribution >= 4 is 39.1 Å². The van der Waals surface area contributed by atoms with Crippen LogP contribution in [0.2, 0.25) is 0 Å². The number of carbonyl (C=O) groups is 2. The van der Waals surface area contributed by atoms with E-state index in [9.17, 15) is 23.1 Å². The fourth-order valence-electron chi connectivity index (χ4n) is 2.87. The molecule has 1 fully saturated rings. The van der Waals surface area contributed by atoms with E-state index in [0.717, 1.165) is 6.26 Å². The number of carbonyl (C=O) groups excluding carboxylic acids is 2.